The van der Waals surface area contributed by atoms with Crippen molar-refractivity contribution in [1.82, 2.24) is 0 Å². The first-order valence-electron chi connectivity index (χ1n) is 3.99. The number of hydrogen-bond donors (Lipinski definition) is 0. The molecule has 0 aromatic rings. The second-order valence-electron chi connectivity index (χ2n) is 2.32. The Hall–Kier alpha value is 1.60. The van der Waals surface area contributed by atoms with Crippen LogP contribution in [-0.2, 0) is 4.74 Å². The fraction of sp³-hybridized carbons (Fsp3) is 1.00. The molecule has 0 aliphatic rings. The van der Waals surface area contributed by atoms with Crippen LogP contribution in [0.2, 0.25) is 0 Å². The van der Waals surface area contributed by atoms with Gasteiger partial charge in [0.05, 0.1) is 0 Å². The van der Waals surface area contributed by atoms with Gasteiger partial charge in [-0.05, 0) is 12.8 Å². The molecule has 0 saturated carbocycles. The van der Waals surface area contributed by atoms with Gasteiger partial charge in [0.25, 0.3) is 0 Å². The number of hydrogen-bond acceptors (Lipinski definition) is 1. The molecule has 57 valence electrons. The molecule has 0 atom stereocenters. The molecule has 0 aliphatic carbocycles. The van der Waals surface area contributed by atoms with Crippen LogP contribution in [0.15, 0.2) is 0 Å². The summed E-state index contributed by atoms with van der Waals surface area (Å²) in [7, 11) is 0. The van der Waals surface area contributed by atoms with Crippen molar-refractivity contribution >= 4 is 51.4 Å². The summed E-state index contributed by atoms with van der Waals surface area (Å²) in [6, 6.07) is 0. The monoisotopic (exact) mass is 169 g/mol. The number of rotatable bonds is 6. The van der Waals surface area contributed by atoms with E-state index < -0.39 is 0 Å². The topological polar surface area (TPSA) is 9.23 Å². The molecule has 0 spiro atoms. The first-order valence-corrected chi connectivity index (χ1v) is 3.99. The zero-order chi connectivity index (χ0) is 6.95. The van der Waals surface area contributed by atoms with Crippen LogP contribution < -0.4 is 0 Å². The van der Waals surface area contributed by atoms with Crippen molar-refractivity contribution in [2.24, 2.45) is 0 Å². The molecule has 1 nitrogen and oxygen atoms in total. The Morgan fingerprint density at radius 1 is 0.900 bits per heavy atom. The Kier molecular flexibility index (Phi) is 18.7. The van der Waals surface area contributed by atoms with E-state index in [1.807, 2.05) is 0 Å². The smallest absolute Gasteiger partial charge is 0.0465 e. The van der Waals surface area contributed by atoms with Crippen LogP contribution in [0.5, 0.6) is 0 Å². The van der Waals surface area contributed by atoms with Crippen LogP contribution in [0.25, 0.3) is 0 Å². The van der Waals surface area contributed by atoms with Crippen molar-refractivity contribution in [2.45, 2.75) is 39.5 Å². The van der Waals surface area contributed by atoms with Crippen LogP contribution in [0.1, 0.15) is 39.5 Å². The minimum atomic E-state index is 0. The van der Waals surface area contributed by atoms with Crippen molar-refractivity contribution in [1.29, 1.82) is 0 Å². The van der Waals surface area contributed by atoms with Gasteiger partial charge in [-0.1, -0.05) is 26.7 Å². The fourth-order valence-corrected chi connectivity index (χ4v) is 0.595. The molecule has 2 heteroatoms. The summed E-state index contributed by atoms with van der Waals surface area (Å²) in [6.07, 6.45) is 4.91. The molecular weight excluding hydrogens is 151 g/mol. The van der Waals surface area contributed by atoms with Crippen LogP contribution in [-0.4, -0.2) is 64.6 Å². The quantitative estimate of drug-likeness (QED) is 0.437. The largest absolute Gasteiger partial charge is 0.381 e. The summed E-state index contributed by atoms with van der Waals surface area (Å²) >= 11 is 0. The summed E-state index contributed by atoms with van der Waals surface area (Å²) in [5, 5.41) is 0. The molecule has 0 amide bonds. The van der Waals surface area contributed by atoms with E-state index in [0.29, 0.717) is 0 Å². The number of ether oxygens (including phenoxy) is 1. The van der Waals surface area contributed by atoms with Gasteiger partial charge in [-0.15, -0.1) is 0 Å². The second kappa shape index (κ2) is 13.2. The van der Waals surface area contributed by atoms with Crippen molar-refractivity contribution in [2.75, 3.05) is 13.2 Å². The standard InChI is InChI=1S/C8H18O.K/c1-3-5-7-9-8-6-4-2;/h3-8H2,1-2H3;. The average molecular weight is 169 g/mol. The van der Waals surface area contributed by atoms with E-state index in [1.54, 1.807) is 0 Å². The molecule has 0 aliphatic heterocycles. The van der Waals surface area contributed by atoms with Gasteiger partial charge >= 0.3 is 0 Å². The van der Waals surface area contributed by atoms with Crippen molar-refractivity contribution < 1.29 is 4.74 Å². The van der Waals surface area contributed by atoms with Crippen LogP contribution in [0.4, 0.5) is 0 Å². The van der Waals surface area contributed by atoms with E-state index in [2.05, 4.69) is 13.8 Å². The second-order valence-corrected chi connectivity index (χ2v) is 2.32. The van der Waals surface area contributed by atoms with Crippen molar-refractivity contribution in [3.8, 4) is 0 Å². The molecular formula is C8H18KO. The summed E-state index contributed by atoms with van der Waals surface area (Å²) in [5.41, 5.74) is 0. The van der Waals surface area contributed by atoms with E-state index in [1.165, 1.54) is 25.7 Å². The third kappa shape index (κ3) is 12.3. The van der Waals surface area contributed by atoms with Crippen LogP contribution in [0, 0.1) is 0 Å². The van der Waals surface area contributed by atoms with Crippen LogP contribution >= 0.6 is 0 Å². The SMILES string of the molecule is CCCCOCCCC.[K]. The summed E-state index contributed by atoms with van der Waals surface area (Å²) < 4.78 is 5.31. The zero-order valence-corrected chi connectivity index (χ0v) is 10.8. The first-order chi connectivity index (χ1) is 4.41. The van der Waals surface area contributed by atoms with Gasteiger partial charge in [-0.3, -0.25) is 0 Å². The van der Waals surface area contributed by atoms with Crippen molar-refractivity contribution in [3.05, 3.63) is 0 Å². The third-order valence-corrected chi connectivity index (χ3v) is 1.28. The van der Waals surface area contributed by atoms with Gasteiger partial charge in [0.2, 0.25) is 0 Å². The maximum Gasteiger partial charge on any atom is 0.0465 e. The Balaban J connectivity index is 0. The average Bonchev–Trinajstić information content (AvgIpc) is 1.89. The molecule has 0 saturated heterocycles. The van der Waals surface area contributed by atoms with E-state index in [9.17, 15) is 0 Å². The van der Waals surface area contributed by atoms with Crippen LogP contribution in [0.3, 0.4) is 0 Å². The Morgan fingerprint density at radius 3 is 1.60 bits per heavy atom. The molecule has 1 radical (unpaired) electrons. The molecule has 0 fully saturated rings. The van der Waals surface area contributed by atoms with Gasteiger partial charge in [-0.25, -0.2) is 0 Å². The van der Waals surface area contributed by atoms with Gasteiger partial charge in [0.1, 0.15) is 0 Å². The number of unbranched alkanes of at least 4 members (excludes halogenated alkanes) is 2. The summed E-state index contributed by atoms with van der Waals surface area (Å²) in [5.74, 6) is 0. The molecule has 0 rings (SSSR count). The summed E-state index contributed by atoms with van der Waals surface area (Å²) in [4.78, 5) is 0. The zero-order valence-electron chi connectivity index (χ0n) is 7.65. The third-order valence-electron chi connectivity index (χ3n) is 1.28. The Bertz CT molecular complexity index is 42.5. The normalized spacial score (nSPS) is 9.00. The fourth-order valence-electron chi connectivity index (χ4n) is 0.595. The van der Waals surface area contributed by atoms with Gasteiger partial charge in [0.15, 0.2) is 0 Å². The molecule has 0 aromatic heterocycles. The maximum atomic E-state index is 5.31. The predicted octanol–water partition coefficient (Wildman–Crippen LogP) is 2.22. The first kappa shape index (κ1) is 14.1. The van der Waals surface area contributed by atoms with E-state index in [-0.39, 0.29) is 51.4 Å². The van der Waals surface area contributed by atoms with E-state index in [0.717, 1.165) is 13.2 Å². The summed E-state index contributed by atoms with van der Waals surface area (Å²) in [6.45, 7) is 6.28. The van der Waals surface area contributed by atoms with Gasteiger partial charge in [0, 0.05) is 64.6 Å². The predicted molar refractivity (Wildman–Crippen MR) is 46.4 cm³/mol. The van der Waals surface area contributed by atoms with Gasteiger partial charge in [-0.2, -0.15) is 0 Å². The van der Waals surface area contributed by atoms with E-state index in [4.69, 9.17) is 4.74 Å². The Morgan fingerprint density at radius 2 is 1.30 bits per heavy atom. The Labute approximate surface area is 107 Å². The molecule has 0 heterocycles. The minimum absolute atomic E-state index is 0. The maximum absolute atomic E-state index is 5.31. The van der Waals surface area contributed by atoms with Gasteiger partial charge < -0.3 is 4.74 Å². The van der Waals surface area contributed by atoms with Crippen molar-refractivity contribution in [3.63, 3.8) is 0 Å². The molecule has 0 unspecified atom stereocenters. The molecule has 0 bridgehead atoms. The molecule has 0 aromatic carbocycles. The molecule has 10 heavy (non-hydrogen) atoms. The minimum Gasteiger partial charge on any atom is -0.381 e. The van der Waals surface area contributed by atoms with E-state index >= 15 is 0 Å². The molecule has 0 N–H and O–H groups in total.